The van der Waals surface area contributed by atoms with E-state index >= 15 is 0 Å². The maximum Gasteiger partial charge on any atom is 0.496 e. The highest BCUT2D eigenvalue weighted by Crippen LogP contribution is 2.37. The number of benzene rings is 1. The van der Waals surface area contributed by atoms with Crippen LogP contribution in [0.2, 0.25) is 5.02 Å². The first-order valence-electron chi connectivity index (χ1n) is 7.46. The van der Waals surface area contributed by atoms with Crippen LogP contribution < -0.4 is 5.46 Å². The van der Waals surface area contributed by atoms with Crippen molar-refractivity contribution in [2.45, 2.75) is 52.2 Å². The van der Waals surface area contributed by atoms with Crippen LogP contribution in [0.3, 0.4) is 0 Å². The number of halogens is 1. The third-order valence-electron chi connectivity index (χ3n) is 4.23. The van der Waals surface area contributed by atoms with Crippen molar-refractivity contribution in [3.05, 3.63) is 28.8 Å². The monoisotopic (exact) mass is 324 g/mol. The molecule has 0 unspecified atom stereocenters. The van der Waals surface area contributed by atoms with Gasteiger partial charge >= 0.3 is 13.1 Å². The minimum Gasteiger partial charge on any atom is -0.466 e. The van der Waals surface area contributed by atoms with Crippen LogP contribution in [0, 0.1) is 0 Å². The molecule has 1 aliphatic rings. The number of carbonyl (C=O) groups is 1. The second-order valence-corrected chi connectivity index (χ2v) is 6.83. The fourth-order valence-corrected chi connectivity index (χ4v) is 2.51. The van der Waals surface area contributed by atoms with Gasteiger partial charge in [-0.2, -0.15) is 0 Å². The number of hydrogen-bond donors (Lipinski definition) is 0. The SMILES string of the molecule is CCOC(=O)Cc1ccc(B2OC(C)(C)C(C)(C)O2)c(Cl)c1. The van der Waals surface area contributed by atoms with Gasteiger partial charge in [-0.3, -0.25) is 4.79 Å². The third kappa shape index (κ3) is 3.48. The molecule has 1 aromatic rings. The van der Waals surface area contributed by atoms with Gasteiger partial charge in [0.2, 0.25) is 0 Å². The Labute approximate surface area is 137 Å². The van der Waals surface area contributed by atoms with Gasteiger partial charge in [0, 0.05) is 10.5 Å². The van der Waals surface area contributed by atoms with Gasteiger partial charge in [-0.05, 0) is 46.2 Å². The molecule has 0 radical (unpaired) electrons. The molecule has 6 heteroatoms. The first kappa shape index (κ1) is 17.3. The fourth-order valence-electron chi connectivity index (χ4n) is 2.22. The van der Waals surface area contributed by atoms with Crippen molar-refractivity contribution in [3.8, 4) is 0 Å². The summed E-state index contributed by atoms with van der Waals surface area (Å²) in [6.45, 7) is 10.1. The molecule has 0 spiro atoms. The summed E-state index contributed by atoms with van der Waals surface area (Å²) in [6, 6.07) is 5.46. The third-order valence-corrected chi connectivity index (χ3v) is 4.55. The zero-order chi connectivity index (χ0) is 16.5. The molecule has 2 rings (SSSR count). The summed E-state index contributed by atoms with van der Waals surface area (Å²) in [7, 11) is -0.505. The number of rotatable bonds is 4. The van der Waals surface area contributed by atoms with Crippen molar-refractivity contribution >= 4 is 30.2 Å². The summed E-state index contributed by atoms with van der Waals surface area (Å²) >= 11 is 6.34. The Hall–Kier alpha value is -1.04. The van der Waals surface area contributed by atoms with Gasteiger partial charge in [-0.1, -0.05) is 23.7 Å². The van der Waals surface area contributed by atoms with Crippen LogP contribution in [0.4, 0.5) is 0 Å². The summed E-state index contributed by atoms with van der Waals surface area (Å²) < 4.78 is 16.9. The average molecular weight is 325 g/mol. The van der Waals surface area contributed by atoms with Gasteiger partial charge < -0.3 is 14.0 Å². The molecule has 0 bridgehead atoms. The van der Waals surface area contributed by atoms with E-state index in [1.165, 1.54) is 0 Å². The highest BCUT2D eigenvalue weighted by Gasteiger charge is 2.52. The lowest BCUT2D eigenvalue weighted by molar-refractivity contribution is -0.142. The van der Waals surface area contributed by atoms with E-state index in [1.807, 2.05) is 39.8 Å². The van der Waals surface area contributed by atoms with Crippen LogP contribution in [0.5, 0.6) is 0 Å². The molecule has 1 aromatic carbocycles. The Balaban J connectivity index is 2.16. The summed E-state index contributed by atoms with van der Waals surface area (Å²) in [5.41, 5.74) is 0.756. The van der Waals surface area contributed by atoms with Crippen molar-refractivity contribution < 1.29 is 18.8 Å². The Morgan fingerprint density at radius 2 is 1.82 bits per heavy atom. The Kier molecular flexibility index (Phi) is 4.90. The quantitative estimate of drug-likeness (QED) is 0.631. The van der Waals surface area contributed by atoms with Crippen LogP contribution in [0.25, 0.3) is 0 Å². The van der Waals surface area contributed by atoms with E-state index in [0.29, 0.717) is 11.6 Å². The van der Waals surface area contributed by atoms with Crippen molar-refractivity contribution in [1.29, 1.82) is 0 Å². The second kappa shape index (κ2) is 6.22. The average Bonchev–Trinajstić information content (AvgIpc) is 2.58. The lowest BCUT2D eigenvalue weighted by Gasteiger charge is -2.32. The molecule has 1 aliphatic heterocycles. The first-order chi connectivity index (χ1) is 10.2. The molecular formula is C16H22BClO4. The van der Waals surface area contributed by atoms with Crippen molar-refractivity contribution in [1.82, 2.24) is 0 Å². The molecule has 0 atom stereocenters. The predicted molar refractivity (Wildman–Crippen MR) is 87.5 cm³/mol. The fraction of sp³-hybridized carbons (Fsp3) is 0.562. The lowest BCUT2D eigenvalue weighted by Crippen LogP contribution is -2.41. The zero-order valence-electron chi connectivity index (χ0n) is 13.7. The van der Waals surface area contributed by atoms with E-state index in [0.717, 1.165) is 11.0 Å². The molecular weight excluding hydrogens is 302 g/mol. The smallest absolute Gasteiger partial charge is 0.466 e. The molecule has 1 heterocycles. The molecule has 22 heavy (non-hydrogen) atoms. The standard InChI is InChI=1S/C16H22BClO4/c1-6-20-14(19)10-11-7-8-12(13(18)9-11)17-21-15(2,3)16(4,5)22-17/h7-9H,6,10H2,1-5H3. The van der Waals surface area contributed by atoms with Crippen LogP contribution in [0.1, 0.15) is 40.2 Å². The lowest BCUT2D eigenvalue weighted by atomic mass is 9.78. The molecule has 1 fully saturated rings. The maximum absolute atomic E-state index is 11.5. The Morgan fingerprint density at radius 3 is 2.32 bits per heavy atom. The van der Waals surface area contributed by atoms with E-state index in [1.54, 1.807) is 13.0 Å². The van der Waals surface area contributed by atoms with Gasteiger partial charge in [0.15, 0.2) is 0 Å². The molecule has 4 nitrogen and oxygen atoms in total. The zero-order valence-corrected chi connectivity index (χ0v) is 14.5. The molecule has 120 valence electrons. The summed E-state index contributed by atoms with van der Waals surface area (Å²) in [5, 5.41) is 0.528. The van der Waals surface area contributed by atoms with E-state index in [2.05, 4.69) is 0 Å². The molecule has 0 N–H and O–H groups in total. The molecule has 0 aromatic heterocycles. The number of carbonyl (C=O) groups excluding carboxylic acids is 1. The first-order valence-corrected chi connectivity index (χ1v) is 7.83. The summed E-state index contributed by atoms with van der Waals surface area (Å²) in [5.74, 6) is -0.262. The van der Waals surface area contributed by atoms with E-state index in [9.17, 15) is 4.79 Å². The number of esters is 1. The highest BCUT2D eigenvalue weighted by molar-refractivity contribution is 6.65. The summed E-state index contributed by atoms with van der Waals surface area (Å²) in [6.07, 6.45) is 0.206. The normalized spacial score (nSPS) is 19.3. The summed E-state index contributed by atoms with van der Waals surface area (Å²) in [4.78, 5) is 11.5. The van der Waals surface area contributed by atoms with Gasteiger partial charge in [0.05, 0.1) is 24.2 Å². The minimum atomic E-state index is -0.505. The largest absolute Gasteiger partial charge is 0.496 e. The van der Waals surface area contributed by atoms with Crippen LogP contribution in [-0.2, 0) is 25.3 Å². The number of hydrogen-bond acceptors (Lipinski definition) is 4. The maximum atomic E-state index is 11.5. The number of ether oxygens (including phenoxy) is 1. The molecule has 0 saturated carbocycles. The van der Waals surface area contributed by atoms with E-state index < -0.39 is 18.3 Å². The predicted octanol–water partition coefficient (Wildman–Crippen LogP) is 2.74. The van der Waals surface area contributed by atoms with Gasteiger partial charge in [-0.15, -0.1) is 0 Å². The second-order valence-electron chi connectivity index (χ2n) is 6.43. The van der Waals surface area contributed by atoms with Crippen LogP contribution in [-0.4, -0.2) is 30.9 Å². The Bertz CT molecular complexity index is 555. The van der Waals surface area contributed by atoms with Gasteiger partial charge in [0.1, 0.15) is 0 Å². The van der Waals surface area contributed by atoms with Crippen LogP contribution in [0.15, 0.2) is 18.2 Å². The minimum absolute atomic E-state index is 0.206. The van der Waals surface area contributed by atoms with Crippen LogP contribution >= 0.6 is 11.6 Å². The topological polar surface area (TPSA) is 44.8 Å². The molecule has 1 saturated heterocycles. The van der Waals surface area contributed by atoms with Crippen molar-refractivity contribution in [2.24, 2.45) is 0 Å². The van der Waals surface area contributed by atoms with Gasteiger partial charge in [0.25, 0.3) is 0 Å². The van der Waals surface area contributed by atoms with E-state index in [4.69, 9.17) is 25.6 Å². The van der Waals surface area contributed by atoms with Crippen molar-refractivity contribution in [2.75, 3.05) is 6.61 Å². The molecule has 0 aliphatic carbocycles. The molecule has 0 amide bonds. The van der Waals surface area contributed by atoms with Crippen molar-refractivity contribution in [3.63, 3.8) is 0 Å². The highest BCUT2D eigenvalue weighted by atomic mass is 35.5. The Morgan fingerprint density at radius 1 is 1.23 bits per heavy atom. The van der Waals surface area contributed by atoms with Gasteiger partial charge in [-0.25, -0.2) is 0 Å². The van der Waals surface area contributed by atoms with E-state index in [-0.39, 0.29) is 12.4 Å².